The van der Waals surface area contributed by atoms with Gasteiger partial charge in [-0.2, -0.15) is 5.10 Å². The molecule has 5 aliphatic carbocycles. The number of hydrogen-bond acceptors (Lipinski definition) is 6. The third-order valence-corrected chi connectivity index (χ3v) is 10.6. The Labute approximate surface area is 257 Å². The zero-order chi connectivity index (χ0) is 29.8. The fourth-order valence-electron chi connectivity index (χ4n) is 8.39. The smallest absolute Gasteiger partial charge is 0.231 e. The molecular weight excluding hydrogens is 558 g/mol. The van der Waals surface area contributed by atoms with Gasteiger partial charge in [0.25, 0.3) is 0 Å². The molecule has 0 amide bonds. The zero-order valence-corrected chi connectivity index (χ0v) is 25.3. The van der Waals surface area contributed by atoms with Crippen LogP contribution in [0.2, 0.25) is 0 Å². The van der Waals surface area contributed by atoms with Gasteiger partial charge in [-0.15, -0.1) is 5.92 Å². The maximum Gasteiger partial charge on any atom is 0.231 e. The van der Waals surface area contributed by atoms with Gasteiger partial charge in [0.2, 0.25) is 11.9 Å². The highest BCUT2D eigenvalue weighted by Crippen LogP contribution is 2.66. The zero-order valence-electron chi connectivity index (χ0n) is 24.5. The summed E-state index contributed by atoms with van der Waals surface area (Å²) in [6.07, 6.45) is 14.8. The summed E-state index contributed by atoms with van der Waals surface area (Å²) in [5, 5.41) is 16.8. The first-order valence-electron chi connectivity index (χ1n) is 15.1. The molecule has 0 radical (unpaired) electrons. The summed E-state index contributed by atoms with van der Waals surface area (Å²) >= 11 is 5.38. The van der Waals surface area contributed by atoms with Crippen LogP contribution in [0.25, 0.3) is 0 Å². The molecule has 6 aliphatic rings. The molecular formula is C35H35N3O4S. The van der Waals surface area contributed by atoms with Gasteiger partial charge < -0.3 is 14.6 Å². The second-order valence-electron chi connectivity index (χ2n) is 12.5. The van der Waals surface area contributed by atoms with Gasteiger partial charge in [0.1, 0.15) is 5.60 Å². The first-order chi connectivity index (χ1) is 20.8. The fraction of sp³-hybridized carbons (Fsp3) is 0.429. The number of thiocarbonyl (C=S) groups is 1. The molecule has 0 spiro atoms. The van der Waals surface area contributed by atoms with Crippen molar-refractivity contribution in [1.82, 2.24) is 5.43 Å². The van der Waals surface area contributed by atoms with E-state index in [1.807, 2.05) is 13.0 Å². The van der Waals surface area contributed by atoms with E-state index in [2.05, 4.69) is 52.5 Å². The Morgan fingerprint density at radius 1 is 1.12 bits per heavy atom. The van der Waals surface area contributed by atoms with E-state index in [4.69, 9.17) is 21.7 Å². The molecule has 0 bridgehead atoms. The van der Waals surface area contributed by atoms with E-state index in [1.54, 1.807) is 12.2 Å². The number of aliphatic imine (C=N–C) groups is 1. The molecule has 0 saturated heterocycles. The van der Waals surface area contributed by atoms with Crippen molar-refractivity contribution in [1.29, 1.82) is 0 Å². The minimum atomic E-state index is -0.980. The van der Waals surface area contributed by atoms with Crippen LogP contribution in [0.3, 0.4) is 0 Å². The van der Waals surface area contributed by atoms with E-state index in [0.717, 1.165) is 62.2 Å². The highest BCUT2D eigenvalue weighted by molar-refractivity contribution is 7.80. The van der Waals surface area contributed by atoms with Crippen molar-refractivity contribution < 1.29 is 19.4 Å². The quantitative estimate of drug-likeness (QED) is 0.193. The Morgan fingerprint density at radius 3 is 2.74 bits per heavy atom. The number of hydrogen-bond donors (Lipinski definition) is 2. The Balaban J connectivity index is 1.23. The molecule has 220 valence electrons. The van der Waals surface area contributed by atoms with E-state index in [0.29, 0.717) is 17.5 Å². The number of hydrazone groups is 1. The van der Waals surface area contributed by atoms with Crippen LogP contribution in [0.4, 0.5) is 0 Å². The third-order valence-electron chi connectivity index (χ3n) is 10.4. The number of fused-ring (bicyclic) bond motifs is 5. The standard InChI is InChI=1S/C35H35N3O4S/c1-3-15-35(40)16-14-29-27-11-4-21-17-24(37-38-33(43)36-23-6-9-25(39)10-7-23)8-12-26(21)32(27)28(19-34(29,35)2)22-5-13-30-31(18-22)42-20-41-30/h5-7,9-10,13,17-18,27-29,40H,4,8,11-12,14,16,19-20H2,1-2H3,(H,38,43)/b37-24+/t27-,28+,29-,34-,35-/m0/s1. The van der Waals surface area contributed by atoms with Crippen molar-refractivity contribution in [2.45, 2.75) is 70.3 Å². The number of nitrogens with one attached hydrogen (secondary N) is 1. The molecule has 8 heteroatoms. The summed E-state index contributed by atoms with van der Waals surface area (Å²) in [6.45, 7) is 4.36. The summed E-state index contributed by atoms with van der Waals surface area (Å²) in [4.78, 5) is 15.7. The van der Waals surface area contributed by atoms with Gasteiger partial charge in [-0.05, 0) is 135 Å². The SMILES string of the molecule is CC#C[C@]1(O)CC[C@H]2[C@@H]3CCC4=C/C(=N/NC(=S)N=C5C=CC(=O)C=C5)CCC4=C3[C@@H](c3ccc4c(c3)OCO4)C[C@@]21C. The number of aliphatic hydroxyl groups is 1. The monoisotopic (exact) mass is 593 g/mol. The normalized spacial score (nSPS) is 32.9. The average Bonchev–Trinajstić information content (AvgIpc) is 3.58. The van der Waals surface area contributed by atoms with Gasteiger partial charge in [-0.3, -0.25) is 10.2 Å². The number of carbonyl (C=O) groups excluding carboxylic acids is 1. The topological polar surface area (TPSA) is 92.5 Å². The van der Waals surface area contributed by atoms with E-state index >= 15 is 0 Å². The van der Waals surface area contributed by atoms with Crippen LogP contribution in [-0.4, -0.2) is 39.8 Å². The molecule has 2 saturated carbocycles. The molecule has 2 fully saturated rings. The molecule has 7 rings (SSSR count). The molecule has 1 aromatic carbocycles. The number of carbonyl (C=O) groups is 1. The Hall–Kier alpha value is -3.80. The molecule has 7 nitrogen and oxygen atoms in total. The summed E-state index contributed by atoms with van der Waals surface area (Å²) < 4.78 is 11.4. The van der Waals surface area contributed by atoms with Crippen LogP contribution in [0.1, 0.15) is 70.3 Å². The largest absolute Gasteiger partial charge is 0.454 e. The maximum atomic E-state index is 11.9. The predicted molar refractivity (Wildman–Crippen MR) is 170 cm³/mol. The van der Waals surface area contributed by atoms with Crippen LogP contribution in [0, 0.1) is 29.1 Å². The molecule has 1 aromatic rings. The van der Waals surface area contributed by atoms with Gasteiger partial charge >= 0.3 is 0 Å². The van der Waals surface area contributed by atoms with Crippen molar-refractivity contribution in [3.05, 3.63) is 70.9 Å². The summed E-state index contributed by atoms with van der Waals surface area (Å²) in [6, 6.07) is 6.35. The van der Waals surface area contributed by atoms with E-state index < -0.39 is 5.60 Å². The van der Waals surface area contributed by atoms with Crippen LogP contribution in [0.15, 0.2) is 75.4 Å². The van der Waals surface area contributed by atoms with Gasteiger partial charge in [0, 0.05) is 11.3 Å². The fourth-order valence-corrected chi connectivity index (χ4v) is 8.54. The van der Waals surface area contributed by atoms with Crippen molar-refractivity contribution >= 4 is 34.5 Å². The van der Waals surface area contributed by atoms with Crippen LogP contribution in [0.5, 0.6) is 11.5 Å². The van der Waals surface area contributed by atoms with Crippen molar-refractivity contribution in [3.8, 4) is 23.3 Å². The lowest BCUT2D eigenvalue weighted by atomic mass is 9.51. The minimum Gasteiger partial charge on any atom is -0.454 e. The first-order valence-corrected chi connectivity index (χ1v) is 15.5. The van der Waals surface area contributed by atoms with Crippen molar-refractivity contribution in [2.24, 2.45) is 27.3 Å². The lowest BCUT2D eigenvalue weighted by Gasteiger charge is -2.53. The molecule has 1 aliphatic heterocycles. The lowest BCUT2D eigenvalue weighted by Crippen LogP contribution is -2.51. The molecule has 0 aromatic heterocycles. The van der Waals surface area contributed by atoms with Crippen LogP contribution in [-0.2, 0) is 4.79 Å². The highest BCUT2D eigenvalue weighted by atomic mass is 32.1. The van der Waals surface area contributed by atoms with Crippen molar-refractivity contribution in [2.75, 3.05) is 6.79 Å². The third kappa shape index (κ3) is 4.79. The predicted octanol–water partition coefficient (Wildman–Crippen LogP) is 5.87. The maximum absolute atomic E-state index is 11.9. The summed E-state index contributed by atoms with van der Waals surface area (Å²) in [5.41, 5.74) is 8.79. The second-order valence-corrected chi connectivity index (χ2v) is 12.9. The number of benzene rings is 1. The molecule has 5 atom stereocenters. The molecule has 1 heterocycles. The number of allylic oxidation sites excluding steroid dienone is 8. The summed E-state index contributed by atoms with van der Waals surface area (Å²) in [5.74, 6) is 8.77. The summed E-state index contributed by atoms with van der Waals surface area (Å²) in [7, 11) is 0. The minimum absolute atomic E-state index is 0.0619. The number of nitrogens with zero attached hydrogens (tertiary/aromatic N) is 2. The Bertz CT molecular complexity index is 1650. The number of rotatable bonds is 2. The Kier molecular flexibility index (Phi) is 6.98. The van der Waals surface area contributed by atoms with Crippen LogP contribution >= 0.6 is 12.2 Å². The number of ether oxygens (including phenoxy) is 2. The van der Waals surface area contributed by atoms with E-state index in [9.17, 15) is 9.90 Å². The first kappa shape index (κ1) is 28.0. The lowest BCUT2D eigenvalue weighted by molar-refractivity contribution is -0.110. The van der Waals surface area contributed by atoms with Gasteiger partial charge in [-0.25, -0.2) is 4.99 Å². The van der Waals surface area contributed by atoms with E-state index in [-0.39, 0.29) is 29.0 Å². The van der Waals surface area contributed by atoms with Crippen molar-refractivity contribution in [3.63, 3.8) is 0 Å². The average molecular weight is 594 g/mol. The molecule has 43 heavy (non-hydrogen) atoms. The van der Waals surface area contributed by atoms with Gasteiger partial charge in [0.05, 0.1) is 11.4 Å². The second kappa shape index (κ2) is 10.7. The van der Waals surface area contributed by atoms with Gasteiger partial charge in [0.15, 0.2) is 17.3 Å². The van der Waals surface area contributed by atoms with Crippen LogP contribution < -0.4 is 14.9 Å². The van der Waals surface area contributed by atoms with E-state index in [1.165, 1.54) is 34.4 Å². The Morgan fingerprint density at radius 2 is 1.93 bits per heavy atom. The highest BCUT2D eigenvalue weighted by Gasteiger charge is 2.62. The molecule has 2 N–H and O–H groups in total. The number of ketones is 1. The molecule has 0 unspecified atom stereocenters. The van der Waals surface area contributed by atoms with Gasteiger partial charge in [-0.1, -0.05) is 24.5 Å².